The van der Waals surface area contributed by atoms with E-state index < -0.39 is 106 Å². The molecule has 26 nitrogen and oxygen atoms in total. The summed E-state index contributed by atoms with van der Waals surface area (Å²) in [4.78, 5) is 20.0. The molecule has 0 spiro atoms. The number of nitrogens with zero attached hydrogens (tertiary/aromatic N) is 5. The lowest BCUT2D eigenvalue weighted by atomic mass is 10.1. The van der Waals surface area contributed by atoms with Crippen molar-refractivity contribution in [1.29, 1.82) is 0 Å². The standard InChI is InChI=1S/C28H25N9O17S5/c29-25(38)32-21-11-16(31-27-33-26(34-28(39)35-27)30-15-1-4-17(5-2-15)55(40,41)8-7-54-59(51,52)53)3-6-20(21)36-37-22-13-19-14(10-24(22)58(48,49)50)9-18(56(42,43)44)12-23(19)57(45,46)47/h1-6,9-13H,7-8H2,(H3,29,32,38)(H,42,43,44)(H,45,46,47)(H,48,49,50)(H,51,52,53)(H3,30,31,33,34,35,39). The minimum absolute atomic E-state index is 0.0774. The number of benzene rings is 4. The second kappa shape index (κ2) is 16.3. The smallest absolute Gasteiger partial charge is 0.397 e. The van der Waals surface area contributed by atoms with Gasteiger partial charge >= 0.3 is 22.4 Å². The first-order valence-electron chi connectivity index (χ1n) is 15.3. The molecule has 31 heteroatoms. The van der Waals surface area contributed by atoms with Gasteiger partial charge in [0, 0.05) is 16.8 Å². The number of anilines is 5. The van der Waals surface area contributed by atoms with E-state index in [1.54, 1.807) is 0 Å². The highest BCUT2D eigenvalue weighted by Crippen LogP contribution is 2.37. The number of rotatable bonds is 15. The molecule has 0 fully saturated rings. The number of fused-ring (bicyclic) bond motifs is 1. The van der Waals surface area contributed by atoms with E-state index in [4.69, 9.17) is 10.3 Å². The van der Waals surface area contributed by atoms with Crippen molar-refractivity contribution in [2.24, 2.45) is 16.0 Å². The van der Waals surface area contributed by atoms with Gasteiger partial charge < -0.3 is 26.8 Å². The Morgan fingerprint density at radius 3 is 1.80 bits per heavy atom. The number of hydrogen-bond acceptors (Lipinski definition) is 20. The average Bonchev–Trinajstić information content (AvgIpc) is 3.08. The molecule has 0 radical (unpaired) electrons. The summed E-state index contributed by atoms with van der Waals surface area (Å²) < 4.78 is 160. The number of nitrogens with one attached hydrogen (secondary N) is 3. The van der Waals surface area contributed by atoms with Gasteiger partial charge in [-0.2, -0.15) is 48.6 Å². The maximum Gasteiger partial charge on any atom is 0.397 e. The highest BCUT2D eigenvalue weighted by atomic mass is 32.3. The van der Waals surface area contributed by atoms with E-state index in [0.29, 0.717) is 18.2 Å². The van der Waals surface area contributed by atoms with Crippen LogP contribution in [0.2, 0.25) is 0 Å². The number of carbonyl (C=O) groups excluding carboxylic acids is 1. The topological polar surface area (TPSA) is 424 Å². The Hall–Kier alpha value is -6.03. The fraction of sp³-hybridized carbons (Fsp3) is 0.0714. The van der Waals surface area contributed by atoms with Crippen LogP contribution in [-0.4, -0.2) is 98.7 Å². The number of azo groups is 1. The van der Waals surface area contributed by atoms with Crippen molar-refractivity contribution in [3.63, 3.8) is 0 Å². The van der Waals surface area contributed by atoms with Gasteiger partial charge in [-0.05, 0) is 72.1 Å². The molecular formula is C28H25N9O17S5. The summed E-state index contributed by atoms with van der Waals surface area (Å²) in [6.45, 7) is -0.841. The van der Waals surface area contributed by atoms with Crippen LogP contribution < -0.4 is 21.7 Å². The normalized spacial score (nSPS) is 12.7. The first-order chi connectivity index (χ1) is 27.2. The van der Waals surface area contributed by atoms with Crippen LogP contribution >= 0.6 is 0 Å². The Morgan fingerprint density at radius 1 is 0.661 bits per heavy atom. The second-order valence-electron chi connectivity index (χ2n) is 11.4. The van der Waals surface area contributed by atoms with E-state index in [9.17, 15) is 65.6 Å². The minimum atomic E-state index is -5.24. The van der Waals surface area contributed by atoms with Crippen LogP contribution in [-0.2, 0) is 54.8 Å². The number of nitrogens with two attached hydrogens (primary N) is 1. The number of aromatic nitrogens is 3. The lowest BCUT2D eigenvalue weighted by Crippen LogP contribution is -2.19. The van der Waals surface area contributed by atoms with Gasteiger partial charge in [0.2, 0.25) is 11.9 Å². The van der Waals surface area contributed by atoms with Gasteiger partial charge in [-0.3, -0.25) is 18.2 Å². The van der Waals surface area contributed by atoms with Gasteiger partial charge in [0.1, 0.15) is 21.2 Å². The Bertz CT molecular complexity index is 3110. The van der Waals surface area contributed by atoms with E-state index in [1.165, 1.54) is 30.3 Å². The van der Waals surface area contributed by atoms with Gasteiger partial charge in [0.15, 0.2) is 9.84 Å². The number of carbonyl (C=O) groups is 1. The summed E-state index contributed by atoms with van der Waals surface area (Å²) in [7, 11) is -24.4. The molecule has 0 saturated carbocycles. The average molecular weight is 920 g/mol. The third kappa shape index (κ3) is 11.6. The molecule has 5 aromatic rings. The number of urea groups is 1. The number of amides is 2. The van der Waals surface area contributed by atoms with Crippen molar-refractivity contribution in [2.75, 3.05) is 28.3 Å². The van der Waals surface area contributed by atoms with Gasteiger partial charge in [-0.1, -0.05) is 0 Å². The van der Waals surface area contributed by atoms with Gasteiger partial charge in [-0.15, -0.1) is 10.2 Å². The monoisotopic (exact) mass is 919 g/mol. The maximum absolute atomic E-state index is 12.5. The van der Waals surface area contributed by atoms with E-state index in [0.717, 1.165) is 18.2 Å². The second-order valence-corrected chi connectivity index (χ2v) is 18.8. The first kappa shape index (κ1) is 44.1. The third-order valence-electron chi connectivity index (χ3n) is 7.27. The molecule has 0 aliphatic carbocycles. The molecule has 0 atom stereocenters. The number of hydrogen-bond donors (Lipinski definition) is 9. The molecule has 5 rings (SSSR count). The molecule has 0 aliphatic rings. The van der Waals surface area contributed by atoms with E-state index in [2.05, 4.69) is 45.3 Å². The molecule has 2 amide bonds. The van der Waals surface area contributed by atoms with Gasteiger partial charge in [0.05, 0.1) is 27.8 Å². The van der Waals surface area contributed by atoms with Crippen LogP contribution in [0.1, 0.15) is 0 Å². The van der Waals surface area contributed by atoms with Gasteiger partial charge in [-0.25, -0.2) is 17.4 Å². The molecule has 0 unspecified atom stereocenters. The predicted molar refractivity (Wildman–Crippen MR) is 201 cm³/mol. The Balaban J connectivity index is 1.44. The summed E-state index contributed by atoms with van der Waals surface area (Å²) in [5, 5.41) is 24.4. The number of primary amides is 1. The van der Waals surface area contributed by atoms with Crippen LogP contribution in [0.25, 0.3) is 10.8 Å². The molecule has 1 aromatic heterocycles. The SMILES string of the molecule is NC(=O)Nc1cc(Nc2nc(O)nc(Nc3ccc(S(=O)(=O)CCOS(=O)(=O)O)cc3)n2)ccc1N=Nc1cc2c(S(=O)(=O)O)cc(S(=O)(=O)O)cc2cc1S(=O)(=O)O. The van der Waals surface area contributed by atoms with Crippen molar-refractivity contribution in [1.82, 2.24) is 15.0 Å². The quantitative estimate of drug-likeness (QED) is 0.0538. The molecule has 0 bridgehead atoms. The van der Waals surface area contributed by atoms with E-state index >= 15 is 0 Å². The van der Waals surface area contributed by atoms with Crippen molar-refractivity contribution in [3.05, 3.63) is 66.7 Å². The predicted octanol–water partition coefficient (Wildman–Crippen LogP) is 2.46. The van der Waals surface area contributed by atoms with Crippen LogP contribution in [0.15, 0.2) is 96.5 Å². The number of aromatic hydroxyl groups is 1. The van der Waals surface area contributed by atoms with Crippen LogP contribution in [0.3, 0.4) is 0 Å². The molecule has 0 saturated heterocycles. The molecule has 0 aliphatic heterocycles. The van der Waals surface area contributed by atoms with E-state index in [-0.39, 0.29) is 39.5 Å². The molecule has 4 aromatic carbocycles. The van der Waals surface area contributed by atoms with Gasteiger partial charge in [0.25, 0.3) is 30.4 Å². The summed E-state index contributed by atoms with van der Waals surface area (Å²) >= 11 is 0. The summed E-state index contributed by atoms with van der Waals surface area (Å²) in [5.41, 5.74) is 4.36. The molecular weight excluding hydrogens is 895 g/mol. The van der Waals surface area contributed by atoms with Crippen LogP contribution in [0.4, 0.5) is 45.1 Å². The Labute approximate surface area is 332 Å². The van der Waals surface area contributed by atoms with Crippen LogP contribution in [0.5, 0.6) is 6.01 Å². The summed E-state index contributed by atoms with van der Waals surface area (Å²) in [5.74, 6) is -1.35. The molecule has 314 valence electrons. The zero-order valence-corrected chi connectivity index (χ0v) is 32.8. The van der Waals surface area contributed by atoms with E-state index in [1.807, 2.05) is 0 Å². The Kier molecular flexibility index (Phi) is 12.2. The summed E-state index contributed by atoms with van der Waals surface area (Å²) in [6.07, 6.45) is 0. The minimum Gasteiger partial charge on any atom is -0.479 e. The first-order valence-corrected chi connectivity index (χ1v) is 22.6. The third-order valence-corrected chi connectivity index (χ3v) is 12.0. The Morgan fingerprint density at radius 2 is 1.24 bits per heavy atom. The summed E-state index contributed by atoms with van der Waals surface area (Å²) in [6, 6.07) is 8.94. The van der Waals surface area contributed by atoms with Crippen molar-refractivity contribution < 1.29 is 74.4 Å². The van der Waals surface area contributed by atoms with Crippen molar-refractivity contribution >= 4 is 108 Å². The lowest BCUT2D eigenvalue weighted by molar-refractivity contribution is 0.259. The lowest BCUT2D eigenvalue weighted by Gasteiger charge is -2.12. The molecule has 10 N–H and O–H groups in total. The highest BCUT2D eigenvalue weighted by molar-refractivity contribution is 7.91. The molecule has 1 heterocycles. The largest absolute Gasteiger partial charge is 0.479 e. The highest BCUT2D eigenvalue weighted by Gasteiger charge is 2.25. The number of sulfone groups is 1. The zero-order valence-electron chi connectivity index (χ0n) is 28.8. The van der Waals surface area contributed by atoms with Crippen molar-refractivity contribution in [2.45, 2.75) is 19.6 Å². The fourth-order valence-corrected chi connectivity index (χ4v) is 8.33. The van der Waals surface area contributed by atoms with Crippen molar-refractivity contribution in [3.8, 4) is 6.01 Å². The zero-order chi connectivity index (χ0) is 43.7. The fourth-order valence-electron chi connectivity index (χ4n) is 4.85. The molecule has 59 heavy (non-hydrogen) atoms. The maximum atomic E-state index is 12.5. The van der Waals surface area contributed by atoms with Crippen LogP contribution in [0, 0.1) is 0 Å².